The van der Waals surface area contributed by atoms with Gasteiger partial charge in [-0.1, -0.05) is 0 Å². The highest BCUT2D eigenvalue weighted by molar-refractivity contribution is 5.91. The second kappa shape index (κ2) is 4.61. The van der Waals surface area contributed by atoms with Gasteiger partial charge in [0.2, 0.25) is 0 Å². The van der Waals surface area contributed by atoms with E-state index in [2.05, 4.69) is 0 Å². The number of carbonyl (C=O) groups is 2. The van der Waals surface area contributed by atoms with Crippen molar-refractivity contribution in [3.05, 3.63) is 23.3 Å². The Morgan fingerprint density at radius 2 is 1.96 bits per heavy atom. The van der Waals surface area contributed by atoms with Crippen LogP contribution in [0.1, 0.15) is 17.5 Å². The Bertz CT molecular complexity index is 717. The first-order valence-corrected chi connectivity index (χ1v) is 7.47. The minimum Gasteiger partial charge on any atom is -0.493 e. The van der Waals surface area contributed by atoms with Gasteiger partial charge in [-0.15, -0.1) is 0 Å². The summed E-state index contributed by atoms with van der Waals surface area (Å²) in [5, 5.41) is 10.2. The highest BCUT2D eigenvalue weighted by atomic mass is 16.6. The Labute approximate surface area is 132 Å². The van der Waals surface area contributed by atoms with Gasteiger partial charge < -0.3 is 24.2 Å². The van der Waals surface area contributed by atoms with Gasteiger partial charge in [0.25, 0.3) is 5.91 Å². The van der Waals surface area contributed by atoms with Crippen molar-refractivity contribution in [2.75, 3.05) is 20.8 Å². The number of carbonyl (C=O) groups excluding carboxylic acids is 2. The van der Waals surface area contributed by atoms with E-state index in [4.69, 9.17) is 14.2 Å². The largest absolute Gasteiger partial charge is 0.493 e. The summed E-state index contributed by atoms with van der Waals surface area (Å²) in [6.45, 7) is 0.436. The van der Waals surface area contributed by atoms with Crippen LogP contribution in [0.15, 0.2) is 12.1 Å². The fourth-order valence-electron chi connectivity index (χ4n) is 4.13. The third kappa shape index (κ3) is 1.63. The lowest BCUT2D eigenvalue weighted by Gasteiger charge is -2.41. The average molecular weight is 319 g/mol. The Morgan fingerprint density at radius 1 is 1.26 bits per heavy atom. The maximum Gasteiger partial charge on any atom is 0.309 e. The molecule has 0 radical (unpaired) electrons. The minimum absolute atomic E-state index is 0.0446. The molecule has 7 nitrogen and oxygen atoms in total. The third-order valence-corrected chi connectivity index (χ3v) is 5.11. The molecule has 3 heterocycles. The Morgan fingerprint density at radius 3 is 2.65 bits per heavy atom. The summed E-state index contributed by atoms with van der Waals surface area (Å²) < 4.78 is 16.0. The van der Waals surface area contributed by atoms with E-state index in [1.54, 1.807) is 18.1 Å². The first-order valence-electron chi connectivity index (χ1n) is 7.47. The molecule has 0 saturated carbocycles. The van der Waals surface area contributed by atoms with Gasteiger partial charge >= 0.3 is 5.97 Å². The van der Waals surface area contributed by atoms with Crippen LogP contribution < -0.4 is 9.47 Å². The van der Waals surface area contributed by atoms with Crippen LogP contribution in [0.4, 0.5) is 0 Å². The van der Waals surface area contributed by atoms with E-state index < -0.39 is 23.7 Å². The van der Waals surface area contributed by atoms with Crippen molar-refractivity contribution in [2.24, 2.45) is 0 Å². The molecule has 4 rings (SSSR count). The molecule has 1 amide bonds. The highest BCUT2D eigenvalue weighted by Crippen LogP contribution is 2.53. The second-order valence-corrected chi connectivity index (χ2v) is 6.06. The molecule has 0 aliphatic carbocycles. The first kappa shape index (κ1) is 14.3. The standard InChI is InChI=1S/C16H17NO6/c1-21-10-5-8-3-4-17-15(20)13(19)14-16(17,7-12(18)23-14)9(8)6-11(10)22-2/h5-6,13-14,19H,3-4,7H2,1-2H3/t13-,14-,16+/m1/s1. The van der Waals surface area contributed by atoms with Crippen LogP contribution in [-0.4, -0.2) is 54.9 Å². The fraction of sp³-hybridized carbons (Fsp3) is 0.500. The van der Waals surface area contributed by atoms with Crippen molar-refractivity contribution >= 4 is 11.9 Å². The second-order valence-electron chi connectivity index (χ2n) is 6.06. The van der Waals surface area contributed by atoms with Crippen LogP contribution in [0.3, 0.4) is 0 Å². The normalized spacial score (nSPS) is 31.3. The molecule has 0 unspecified atom stereocenters. The quantitative estimate of drug-likeness (QED) is 0.771. The Hall–Kier alpha value is -2.28. The summed E-state index contributed by atoms with van der Waals surface area (Å²) >= 11 is 0. The molecule has 1 aromatic rings. The number of hydrogen-bond acceptors (Lipinski definition) is 6. The zero-order valence-corrected chi connectivity index (χ0v) is 12.9. The number of aliphatic hydroxyl groups excluding tert-OH is 1. The predicted molar refractivity (Wildman–Crippen MR) is 77.1 cm³/mol. The third-order valence-electron chi connectivity index (χ3n) is 5.11. The van der Waals surface area contributed by atoms with Crippen molar-refractivity contribution in [1.29, 1.82) is 0 Å². The molecule has 3 atom stereocenters. The molecule has 0 aromatic heterocycles. The van der Waals surface area contributed by atoms with Crippen molar-refractivity contribution in [3.63, 3.8) is 0 Å². The molecule has 7 heteroatoms. The number of esters is 1. The van der Waals surface area contributed by atoms with Crippen LogP contribution >= 0.6 is 0 Å². The SMILES string of the molecule is COc1cc2c(cc1OC)[C@@]13CC(=O)O[C@@H]1[C@@H](O)C(=O)N3CC2. The topological polar surface area (TPSA) is 85.3 Å². The minimum atomic E-state index is -1.32. The van der Waals surface area contributed by atoms with Crippen LogP contribution in [0.2, 0.25) is 0 Å². The highest BCUT2D eigenvalue weighted by Gasteiger charge is 2.67. The number of rotatable bonds is 2. The zero-order chi connectivity index (χ0) is 16.4. The molecule has 23 heavy (non-hydrogen) atoms. The molecular weight excluding hydrogens is 302 g/mol. The summed E-state index contributed by atoms with van der Waals surface area (Å²) in [5.41, 5.74) is 0.826. The number of nitrogens with zero attached hydrogens (tertiary/aromatic N) is 1. The molecule has 1 aromatic carbocycles. The average Bonchev–Trinajstić information content (AvgIpc) is 2.99. The lowest BCUT2D eigenvalue weighted by atomic mass is 9.77. The Balaban J connectivity index is 1.95. The van der Waals surface area contributed by atoms with Gasteiger partial charge in [-0.2, -0.15) is 0 Å². The van der Waals surface area contributed by atoms with Gasteiger partial charge in [0.15, 0.2) is 23.7 Å². The van der Waals surface area contributed by atoms with Crippen molar-refractivity contribution in [3.8, 4) is 11.5 Å². The van der Waals surface area contributed by atoms with E-state index >= 15 is 0 Å². The molecule has 1 N–H and O–H groups in total. The van der Waals surface area contributed by atoms with Crippen molar-refractivity contribution in [2.45, 2.75) is 30.6 Å². The first-order chi connectivity index (χ1) is 11.0. The molecule has 3 aliphatic heterocycles. The number of methoxy groups -OCH3 is 2. The van der Waals surface area contributed by atoms with E-state index in [-0.39, 0.29) is 12.3 Å². The van der Waals surface area contributed by atoms with E-state index in [9.17, 15) is 14.7 Å². The summed E-state index contributed by atoms with van der Waals surface area (Å²) in [6.07, 6.45) is -1.53. The number of amides is 1. The molecule has 2 saturated heterocycles. The van der Waals surface area contributed by atoms with Crippen LogP contribution in [0.5, 0.6) is 11.5 Å². The smallest absolute Gasteiger partial charge is 0.309 e. The van der Waals surface area contributed by atoms with Crippen molar-refractivity contribution < 1.29 is 28.9 Å². The molecule has 122 valence electrons. The van der Waals surface area contributed by atoms with Gasteiger partial charge in [0.1, 0.15) is 5.54 Å². The fourth-order valence-corrected chi connectivity index (χ4v) is 4.13. The van der Waals surface area contributed by atoms with Gasteiger partial charge in [-0.05, 0) is 29.7 Å². The van der Waals surface area contributed by atoms with E-state index in [1.807, 2.05) is 6.07 Å². The maximum absolute atomic E-state index is 12.4. The van der Waals surface area contributed by atoms with Crippen LogP contribution in [-0.2, 0) is 26.3 Å². The lowest BCUT2D eigenvalue weighted by Crippen LogP contribution is -2.50. The number of fused-ring (bicyclic) bond motifs is 1. The van der Waals surface area contributed by atoms with Gasteiger partial charge in [-0.25, -0.2) is 0 Å². The predicted octanol–water partition coefficient (Wildman–Crippen LogP) is -0.0262. The van der Waals surface area contributed by atoms with Gasteiger partial charge in [0, 0.05) is 6.54 Å². The number of ether oxygens (including phenoxy) is 3. The summed E-state index contributed by atoms with van der Waals surface area (Å²) in [5.74, 6) is 0.328. The lowest BCUT2D eigenvalue weighted by molar-refractivity contribution is -0.148. The van der Waals surface area contributed by atoms with Gasteiger partial charge in [-0.3, -0.25) is 9.59 Å². The number of hydrogen-bond donors (Lipinski definition) is 1. The monoisotopic (exact) mass is 319 g/mol. The molecule has 1 spiro atoms. The van der Waals surface area contributed by atoms with E-state index in [0.29, 0.717) is 24.5 Å². The maximum atomic E-state index is 12.4. The molecule has 0 bridgehead atoms. The zero-order valence-electron chi connectivity index (χ0n) is 12.9. The van der Waals surface area contributed by atoms with Crippen molar-refractivity contribution in [1.82, 2.24) is 4.90 Å². The van der Waals surface area contributed by atoms with E-state index in [0.717, 1.165) is 11.1 Å². The number of aliphatic hydroxyl groups is 1. The van der Waals surface area contributed by atoms with Crippen LogP contribution in [0, 0.1) is 0 Å². The van der Waals surface area contributed by atoms with Crippen LogP contribution in [0.25, 0.3) is 0 Å². The molecule has 3 aliphatic rings. The molecular formula is C16H17NO6. The Kier molecular flexibility index (Phi) is 2.87. The number of benzene rings is 1. The van der Waals surface area contributed by atoms with Gasteiger partial charge in [0.05, 0.1) is 20.6 Å². The summed E-state index contributed by atoms with van der Waals surface area (Å²) in [4.78, 5) is 25.9. The summed E-state index contributed by atoms with van der Waals surface area (Å²) in [6, 6.07) is 3.66. The van der Waals surface area contributed by atoms with E-state index in [1.165, 1.54) is 7.11 Å². The molecule has 2 fully saturated rings. The summed E-state index contributed by atoms with van der Waals surface area (Å²) in [7, 11) is 3.09.